The van der Waals surface area contributed by atoms with Gasteiger partial charge in [0, 0.05) is 19.3 Å². The quantitative estimate of drug-likeness (QED) is 0.458. The molecule has 0 fully saturated rings. The minimum absolute atomic E-state index is 0.167. The number of esters is 2. The van der Waals surface area contributed by atoms with E-state index < -0.39 is 0 Å². The van der Waals surface area contributed by atoms with Gasteiger partial charge >= 0.3 is 11.9 Å². The maximum atomic E-state index is 12.0. The van der Waals surface area contributed by atoms with E-state index in [0.29, 0.717) is 37.7 Å². The first-order valence-electron chi connectivity index (χ1n) is 10.0. The lowest BCUT2D eigenvalue weighted by Crippen LogP contribution is -2.21. The third-order valence-electron chi connectivity index (χ3n) is 4.07. The van der Waals surface area contributed by atoms with Gasteiger partial charge in [-0.2, -0.15) is 0 Å². The molecule has 0 spiro atoms. The van der Waals surface area contributed by atoms with E-state index >= 15 is 0 Å². The van der Waals surface area contributed by atoms with Crippen LogP contribution in [-0.4, -0.2) is 24.6 Å². The fourth-order valence-electron chi connectivity index (χ4n) is 3.53. The highest BCUT2D eigenvalue weighted by Crippen LogP contribution is 2.27. The molecule has 0 aliphatic carbocycles. The molecule has 0 aromatic carbocycles. The average molecular weight is 371 g/mol. The molecule has 4 heteroatoms. The monoisotopic (exact) mass is 370 g/mol. The molecule has 0 aliphatic heterocycles. The van der Waals surface area contributed by atoms with E-state index in [1.807, 2.05) is 6.92 Å². The molecule has 0 bridgehead atoms. The van der Waals surface area contributed by atoms with E-state index in [0.717, 1.165) is 12.8 Å². The first-order valence-corrected chi connectivity index (χ1v) is 10.0. The Bertz CT molecular complexity index is 428. The highest BCUT2D eigenvalue weighted by atomic mass is 16.6. The number of ether oxygens (including phenoxy) is 2. The van der Waals surface area contributed by atoms with Gasteiger partial charge in [0.2, 0.25) is 0 Å². The van der Waals surface area contributed by atoms with Crippen LogP contribution in [-0.2, 0) is 19.1 Å². The Morgan fingerprint density at radius 3 is 1.62 bits per heavy atom. The summed E-state index contributed by atoms with van der Waals surface area (Å²) in [5.74, 6) is 0.275. The Hall–Kier alpha value is -1.06. The normalized spacial score (nSPS) is 15.9. The molecule has 4 nitrogen and oxygen atoms in total. The van der Waals surface area contributed by atoms with Crippen molar-refractivity contribution in [1.29, 1.82) is 0 Å². The summed E-state index contributed by atoms with van der Waals surface area (Å²) in [6.07, 6.45) is 3.16. The second-order valence-electron chi connectivity index (χ2n) is 10.5. The van der Waals surface area contributed by atoms with Crippen molar-refractivity contribution in [3.05, 3.63) is 0 Å². The Morgan fingerprint density at radius 2 is 1.19 bits per heavy atom. The topological polar surface area (TPSA) is 52.6 Å². The molecule has 154 valence electrons. The molecule has 3 atom stereocenters. The number of rotatable bonds is 10. The zero-order valence-electron chi connectivity index (χ0n) is 18.6. The Labute approximate surface area is 161 Å². The fraction of sp³-hybridized carbons (Fsp3) is 0.909. The summed E-state index contributed by atoms with van der Waals surface area (Å²) in [6.45, 7) is 19.4. The largest absolute Gasteiger partial charge is 0.466 e. The molecule has 3 unspecified atom stereocenters. The second kappa shape index (κ2) is 10.9. The Balaban J connectivity index is 3.99. The standard InChI is InChI=1S/C22H42O4/c1-16(14-21(4,5)6)12-19(23)25-11-10-18(3)26-20(24)13-17(2)15-22(7,8)9/h16-18H,10-15H2,1-9H3. The third-order valence-corrected chi connectivity index (χ3v) is 4.07. The van der Waals surface area contributed by atoms with Gasteiger partial charge in [-0.25, -0.2) is 0 Å². The van der Waals surface area contributed by atoms with E-state index in [9.17, 15) is 9.59 Å². The summed E-state index contributed by atoms with van der Waals surface area (Å²) < 4.78 is 10.7. The van der Waals surface area contributed by atoms with Crippen molar-refractivity contribution < 1.29 is 19.1 Å². The van der Waals surface area contributed by atoms with Crippen molar-refractivity contribution in [3.63, 3.8) is 0 Å². The zero-order valence-corrected chi connectivity index (χ0v) is 18.6. The molecule has 0 saturated heterocycles. The molecule has 0 amide bonds. The first-order chi connectivity index (χ1) is 11.7. The molecule has 0 radical (unpaired) electrons. The number of hydrogen-bond acceptors (Lipinski definition) is 4. The molecule has 26 heavy (non-hydrogen) atoms. The minimum atomic E-state index is -0.232. The van der Waals surface area contributed by atoms with Gasteiger partial charge in [0.25, 0.3) is 0 Å². The van der Waals surface area contributed by atoms with Crippen LogP contribution in [0.5, 0.6) is 0 Å². The lowest BCUT2D eigenvalue weighted by atomic mass is 9.84. The SMILES string of the molecule is CC(CC(=O)OCCC(C)OC(=O)CC(C)CC(C)(C)C)CC(C)(C)C. The van der Waals surface area contributed by atoms with Crippen LogP contribution in [0.25, 0.3) is 0 Å². The van der Waals surface area contributed by atoms with Gasteiger partial charge in [-0.05, 0) is 42.4 Å². The van der Waals surface area contributed by atoms with Gasteiger partial charge in [0.05, 0.1) is 6.61 Å². The molecular formula is C22H42O4. The maximum absolute atomic E-state index is 12.0. The van der Waals surface area contributed by atoms with Crippen LogP contribution < -0.4 is 0 Å². The van der Waals surface area contributed by atoms with Crippen LogP contribution in [0.2, 0.25) is 0 Å². The molecule has 0 aromatic heterocycles. The lowest BCUT2D eigenvalue weighted by Gasteiger charge is -2.23. The van der Waals surface area contributed by atoms with E-state index in [-0.39, 0.29) is 28.9 Å². The Kier molecular flexibility index (Phi) is 10.5. The van der Waals surface area contributed by atoms with Crippen molar-refractivity contribution in [2.24, 2.45) is 22.7 Å². The van der Waals surface area contributed by atoms with Gasteiger partial charge in [-0.1, -0.05) is 55.4 Å². The van der Waals surface area contributed by atoms with Crippen LogP contribution in [0.15, 0.2) is 0 Å². The maximum Gasteiger partial charge on any atom is 0.306 e. The zero-order chi connectivity index (χ0) is 20.5. The first kappa shape index (κ1) is 24.9. The third kappa shape index (κ3) is 15.2. The Morgan fingerprint density at radius 1 is 0.769 bits per heavy atom. The molecule has 0 aromatic rings. The van der Waals surface area contributed by atoms with E-state index in [2.05, 4.69) is 55.4 Å². The molecule has 0 rings (SSSR count). The number of hydrogen-bond donors (Lipinski definition) is 0. The number of carbonyl (C=O) groups is 2. The lowest BCUT2D eigenvalue weighted by molar-refractivity contribution is -0.151. The van der Waals surface area contributed by atoms with Gasteiger partial charge in [0.15, 0.2) is 0 Å². The van der Waals surface area contributed by atoms with Gasteiger partial charge in [-0.3, -0.25) is 9.59 Å². The summed E-state index contributed by atoms with van der Waals surface area (Å²) in [6, 6.07) is 0. The second-order valence-corrected chi connectivity index (χ2v) is 10.5. The smallest absolute Gasteiger partial charge is 0.306 e. The van der Waals surface area contributed by atoms with Crippen molar-refractivity contribution in [3.8, 4) is 0 Å². The summed E-state index contributed by atoms with van der Waals surface area (Å²) in [4.78, 5) is 23.9. The van der Waals surface area contributed by atoms with Crippen molar-refractivity contribution in [1.82, 2.24) is 0 Å². The summed E-state index contributed by atoms with van der Waals surface area (Å²) >= 11 is 0. The highest BCUT2D eigenvalue weighted by molar-refractivity contribution is 5.70. The molecule has 0 saturated carbocycles. The van der Waals surface area contributed by atoms with Crippen LogP contribution in [0, 0.1) is 22.7 Å². The van der Waals surface area contributed by atoms with Crippen LogP contribution in [0.1, 0.15) is 94.4 Å². The average Bonchev–Trinajstić information content (AvgIpc) is 2.32. The van der Waals surface area contributed by atoms with E-state index in [1.54, 1.807) is 0 Å². The van der Waals surface area contributed by atoms with Crippen LogP contribution >= 0.6 is 0 Å². The van der Waals surface area contributed by atoms with Gasteiger partial charge in [-0.15, -0.1) is 0 Å². The molecular weight excluding hydrogens is 328 g/mol. The van der Waals surface area contributed by atoms with Crippen LogP contribution in [0.3, 0.4) is 0 Å². The van der Waals surface area contributed by atoms with E-state index in [4.69, 9.17) is 9.47 Å². The van der Waals surface area contributed by atoms with Crippen molar-refractivity contribution in [2.45, 2.75) is 101 Å². The molecule has 0 heterocycles. The predicted octanol–water partition coefficient (Wildman–Crippen LogP) is 5.78. The summed E-state index contributed by atoms with van der Waals surface area (Å²) in [7, 11) is 0. The summed E-state index contributed by atoms with van der Waals surface area (Å²) in [5, 5.41) is 0. The molecule has 0 aliphatic rings. The minimum Gasteiger partial charge on any atom is -0.466 e. The highest BCUT2D eigenvalue weighted by Gasteiger charge is 2.20. The van der Waals surface area contributed by atoms with Gasteiger partial charge in [0.1, 0.15) is 6.10 Å². The van der Waals surface area contributed by atoms with Crippen LogP contribution in [0.4, 0.5) is 0 Å². The molecule has 0 N–H and O–H groups in total. The summed E-state index contributed by atoms with van der Waals surface area (Å²) in [5.41, 5.74) is 0.427. The number of carbonyl (C=O) groups excluding carboxylic acids is 2. The van der Waals surface area contributed by atoms with Crippen molar-refractivity contribution in [2.75, 3.05) is 6.61 Å². The van der Waals surface area contributed by atoms with Crippen molar-refractivity contribution >= 4 is 11.9 Å². The van der Waals surface area contributed by atoms with E-state index in [1.165, 1.54) is 0 Å². The fourth-order valence-corrected chi connectivity index (χ4v) is 3.53. The van der Waals surface area contributed by atoms with Gasteiger partial charge < -0.3 is 9.47 Å². The predicted molar refractivity (Wildman–Crippen MR) is 107 cm³/mol.